The molecule has 1 aromatic carbocycles. The van der Waals surface area contributed by atoms with Gasteiger partial charge in [0, 0.05) is 49.9 Å². The SMILES string of the molecule is CC(C)CN1C(=O)N(CC(C)C)C(=O)C2(Cc3c(Cl)cccc3N3CCN(C)C[C@@H]32)C1=O. The summed E-state index contributed by atoms with van der Waals surface area (Å²) in [5.74, 6) is -0.563. The molecular formula is C24H33ClN4O3. The van der Waals surface area contributed by atoms with Crippen LogP contribution in [-0.2, 0) is 16.0 Å². The van der Waals surface area contributed by atoms with E-state index < -0.39 is 11.4 Å². The van der Waals surface area contributed by atoms with Gasteiger partial charge in [-0.05, 0) is 36.6 Å². The molecule has 0 radical (unpaired) electrons. The minimum absolute atomic E-state index is 0.0960. The molecule has 3 aliphatic heterocycles. The number of nitrogens with zero attached hydrogens (tertiary/aromatic N) is 4. The van der Waals surface area contributed by atoms with Crippen molar-refractivity contribution in [3.63, 3.8) is 0 Å². The third-order valence-electron chi connectivity index (χ3n) is 6.82. The highest BCUT2D eigenvalue weighted by atomic mass is 35.5. The Bertz CT molecular complexity index is 915. The first-order chi connectivity index (χ1) is 15.1. The number of fused-ring (bicyclic) bond motifs is 4. The molecule has 0 saturated carbocycles. The van der Waals surface area contributed by atoms with Gasteiger partial charge < -0.3 is 9.80 Å². The summed E-state index contributed by atoms with van der Waals surface area (Å²) in [6, 6.07) is 4.90. The lowest BCUT2D eigenvalue weighted by molar-refractivity contribution is -0.162. The molecule has 1 atom stereocenters. The number of anilines is 1. The molecule has 0 N–H and O–H groups in total. The van der Waals surface area contributed by atoms with Gasteiger partial charge in [0.2, 0.25) is 11.8 Å². The molecule has 0 bridgehead atoms. The Morgan fingerprint density at radius 3 is 2.16 bits per heavy atom. The Morgan fingerprint density at radius 1 is 1.00 bits per heavy atom. The van der Waals surface area contributed by atoms with Crippen molar-refractivity contribution in [3.05, 3.63) is 28.8 Å². The summed E-state index contributed by atoms with van der Waals surface area (Å²) in [7, 11) is 2.01. The van der Waals surface area contributed by atoms with Crippen molar-refractivity contribution >= 4 is 35.1 Å². The monoisotopic (exact) mass is 460 g/mol. The van der Waals surface area contributed by atoms with Crippen LogP contribution in [0.1, 0.15) is 33.3 Å². The lowest BCUT2D eigenvalue weighted by Crippen LogP contribution is -2.75. The van der Waals surface area contributed by atoms with Gasteiger partial charge in [0.15, 0.2) is 5.41 Å². The molecule has 3 heterocycles. The van der Waals surface area contributed by atoms with E-state index in [1.165, 1.54) is 9.80 Å². The lowest BCUT2D eigenvalue weighted by Gasteiger charge is -2.56. The van der Waals surface area contributed by atoms with Crippen molar-refractivity contribution in [2.45, 2.75) is 40.2 Å². The first-order valence-electron chi connectivity index (χ1n) is 11.5. The van der Waals surface area contributed by atoms with Crippen LogP contribution in [0.2, 0.25) is 5.02 Å². The van der Waals surface area contributed by atoms with E-state index in [1.54, 1.807) is 0 Å². The van der Waals surface area contributed by atoms with Gasteiger partial charge in [0.25, 0.3) is 0 Å². The summed E-state index contributed by atoms with van der Waals surface area (Å²) in [4.78, 5) is 48.6. The van der Waals surface area contributed by atoms with Crippen LogP contribution in [0, 0.1) is 17.3 Å². The first kappa shape index (κ1) is 23.1. The molecule has 32 heavy (non-hydrogen) atoms. The standard InChI is InChI=1S/C24H33ClN4O3/c1-15(2)12-28-21(30)24(22(31)29(23(28)32)13-16(3)4)11-17-18(25)7-6-8-19(17)27-10-9-26(5)14-20(24)27/h6-8,15-16,20H,9-14H2,1-5H3/t20-/m1/s1. The number of likely N-dealkylation sites (N-methyl/N-ethyl adjacent to an activating group) is 1. The Hall–Kier alpha value is -2.12. The van der Waals surface area contributed by atoms with E-state index in [9.17, 15) is 14.4 Å². The Labute approximate surface area is 195 Å². The number of urea groups is 1. The summed E-state index contributed by atoms with van der Waals surface area (Å²) in [5, 5.41) is 0.558. The van der Waals surface area contributed by atoms with Gasteiger partial charge in [-0.1, -0.05) is 45.4 Å². The summed E-state index contributed by atoms with van der Waals surface area (Å²) in [6.07, 6.45) is 0.213. The maximum absolute atomic E-state index is 14.1. The van der Waals surface area contributed by atoms with E-state index in [0.29, 0.717) is 31.2 Å². The number of hydrogen-bond donors (Lipinski definition) is 0. The lowest BCUT2D eigenvalue weighted by atomic mass is 9.67. The molecule has 0 aromatic heterocycles. The molecule has 0 unspecified atom stereocenters. The second-order valence-corrected chi connectivity index (χ2v) is 10.7. The summed E-state index contributed by atoms with van der Waals surface area (Å²) < 4.78 is 0. The minimum atomic E-state index is -1.37. The molecule has 1 spiro atoms. The number of barbiturate groups is 1. The van der Waals surface area contributed by atoms with Crippen LogP contribution in [0.4, 0.5) is 10.5 Å². The van der Waals surface area contributed by atoms with Crippen LogP contribution in [0.5, 0.6) is 0 Å². The molecule has 2 saturated heterocycles. The quantitative estimate of drug-likeness (QED) is 0.646. The number of imide groups is 2. The number of rotatable bonds is 4. The van der Waals surface area contributed by atoms with Gasteiger partial charge in [-0.25, -0.2) is 4.79 Å². The zero-order valence-electron chi connectivity index (χ0n) is 19.6. The van der Waals surface area contributed by atoms with E-state index in [1.807, 2.05) is 52.9 Å². The van der Waals surface area contributed by atoms with Crippen LogP contribution >= 0.6 is 11.6 Å². The highest BCUT2D eigenvalue weighted by molar-refractivity contribution is 6.32. The number of carbonyl (C=O) groups excluding carboxylic acids is 3. The number of carbonyl (C=O) groups is 3. The third-order valence-corrected chi connectivity index (χ3v) is 7.18. The van der Waals surface area contributed by atoms with E-state index in [0.717, 1.165) is 17.8 Å². The second kappa shape index (κ2) is 8.34. The maximum Gasteiger partial charge on any atom is 0.333 e. The number of amides is 4. The van der Waals surface area contributed by atoms with Crippen molar-refractivity contribution in [3.8, 4) is 0 Å². The largest absolute Gasteiger partial charge is 0.364 e. The normalized spacial score (nSPS) is 23.4. The van der Waals surface area contributed by atoms with E-state index in [4.69, 9.17) is 11.6 Å². The third kappa shape index (κ3) is 3.50. The second-order valence-electron chi connectivity index (χ2n) is 10.3. The predicted molar refractivity (Wildman–Crippen MR) is 125 cm³/mol. The van der Waals surface area contributed by atoms with Gasteiger partial charge in [-0.3, -0.25) is 19.4 Å². The van der Waals surface area contributed by atoms with Crippen LogP contribution in [-0.4, -0.2) is 78.4 Å². The number of benzene rings is 1. The zero-order chi connectivity index (χ0) is 23.4. The molecule has 1 aromatic rings. The van der Waals surface area contributed by atoms with Crippen molar-refractivity contribution in [1.29, 1.82) is 0 Å². The van der Waals surface area contributed by atoms with Gasteiger partial charge in [0.05, 0.1) is 6.04 Å². The van der Waals surface area contributed by atoms with Crippen LogP contribution in [0.3, 0.4) is 0 Å². The zero-order valence-corrected chi connectivity index (χ0v) is 20.4. The van der Waals surface area contributed by atoms with Crippen molar-refractivity contribution in [2.24, 2.45) is 17.3 Å². The molecule has 3 aliphatic rings. The molecule has 8 heteroatoms. The smallest absolute Gasteiger partial charge is 0.333 e. The molecule has 4 amide bonds. The highest BCUT2D eigenvalue weighted by Crippen LogP contribution is 2.48. The van der Waals surface area contributed by atoms with Crippen molar-refractivity contribution in [2.75, 3.05) is 44.7 Å². The topological polar surface area (TPSA) is 64.2 Å². The van der Waals surface area contributed by atoms with Crippen LogP contribution < -0.4 is 4.90 Å². The van der Waals surface area contributed by atoms with Crippen molar-refractivity contribution in [1.82, 2.24) is 14.7 Å². The van der Waals surface area contributed by atoms with Gasteiger partial charge in [-0.2, -0.15) is 0 Å². The average Bonchev–Trinajstić information content (AvgIpc) is 2.73. The predicted octanol–water partition coefficient (Wildman–Crippen LogP) is 3.11. The maximum atomic E-state index is 14.1. The summed E-state index contributed by atoms with van der Waals surface area (Å²) in [5.41, 5.74) is 0.439. The summed E-state index contributed by atoms with van der Waals surface area (Å²) in [6.45, 7) is 10.6. The van der Waals surface area contributed by atoms with E-state index >= 15 is 0 Å². The van der Waals surface area contributed by atoms with Gasteiger partial charge in [0.1, 0.15) is 0 Å². The fraction of sp³-hybridized carbons (Fsp3) is 0.625. The number of hydrogen-bond acceptors (Lipinski definition) is 5. The van der Waals surface area contributed by atoms with Crippen LogP contribution in [0.25, 0.3) is 0 Å². The molecule has 2 fully saturated rings. The average molecular weight is 461 g/mol. The van der Waals surface area contributed by atoms with Gasteiger partial charge >= 0.3 is 6.03 Å². The molecule has 0 aliphatic carbocycles. The Kier molecular flexibility index (Phi) is 6.01. The Morgan fingerprint density at radius 2 is 1.59 bits per heavy atom. The molecule has 4 rings (SSSR count). The number of halogens is 1. The molecular weight excluding hydrogens is 428 g/mol. The molecule has 7 nitrogen and oxygen atoms in total. The van der Waals surface area contributed by atoms with Gasteiger partial charge in [-0.15, -0.1) is 0 Å². The van der Waals surface area contributed by atoms with Crippen LogP contribution in [0.15, 0.2) is 18.2 Å². The minimum Gasteiger partial charge on any atom is -0.364 e. The number of piperazine rings is 1. The van der Waals surface area contributed by atoms with E-state index in [2.05, 4.69) is 9.80 Å². The summed E-state index contributed by atoms with van der Waals surface area (Å²) >= 11 is 6.62. The fourth-order valence-corrected chi connectivity index (χ4v) is 5.64. The fourth-order valence-electron chi connectivity index (χ4n) is 5.40. The Balaban J connectivity index is 1.91. The van der Waals surface area contributed by atoms with E-state index in [-0.39, 0.29) is 36.1 Å². The van der Waals surface area contributed by atoms with Crippen molar-refractivity contribution < 1.29 is 14.4 Å². The molecule has 174 valence electrons. The first-order valence-corrected chi connectivity index (χ1v) is 11.9. The highest BCUT2D eigenvalue weighted by Gasteiger charge is 2.65.